The van der Waals surface area contributed by atoms with Crippen molar-refractivity contribution >= 4 is 12.4 Å². The van der Waals surface area contributed by atoms with E-state index < -0.39 is 5.60 Å². The van der Waals surface area contributed by atoms with E-state index >= 15 is 0 Å². The van der Waals surface area contributed by atoms with Crippen molar-refractivity contribution < 1.29 is 9.84 Å². The Kier molecular flexibility index (Phi) is 4.33. The Balaban J connectivity index is 0.00000147. The number of rotatable bonds is 3. The van der Waals surface area contributed by atoms with Crippen molar-refractivity contribution in [1.82, 2.24) is 0 Å². The first-order valence-electron chi connectivity index (χ1n) is 7.16. The third-order valence-electron chi connectivity index (χ3n) is 5.14. The number of halogens is 1. The van der Waals surface area contributed by atoms with Crippen LogP contribution in [0.5, 0.6) is 5.75 Å². The van der Waals surface area contributed by atoms with Crippen LogP contribution in [0.25, 0.3) is 0 Å². The summed E-state index contributed by atoms with van der Waals surface area (Å²) >= 11 is 0. The second kappa shape index (κ2) is 5.55. The third kappa shape index (κ3) is 2.54. The molecule has 20 heavy (non-hydrogen) atoms. The van der Waals surface area contributed by atoms with Crippen molar-refractivity contribution in [3.05, 3.63) is 29.8 Å². The van der Waals surface area contributed by atoms with Gasteiger partial charge in [0, 0.05) is 0 Å². The molecule has 112 valence electrons. The largest absolute Gasteiger partial charge is 0.497 e. The summed E-state index contributed by atoms with van der Waals surface area (Å²) in [5.74, 6) is 1.43. The van der Waals surface area contributed by atoms with Crippen LogP contribution in [0.3, 0.4) is 0 Å². The molecule has 3 unspecified atom stereocenters. The van der Waals surface area contributed by atoms with Crippen molar-refractivity contribution in [2.45, 2.75) is 37.7 Å². The lowest BCUT2D eigenvalue weighted by Crippen LogP contribution is -2.42. The Bertz CT molecular complexity index is 481. The Morgan fingerprint density at radius 2 is 2.20 bits per heavy atom. The molecule has 3 rings (SSSR count). The predicted octanol–water partition coefficient (Wildman–Crippen LogP) is 2.84. The van der Waals surface area contributed by atoms with E-state index in [-0.39, 0.29) is 17.8 Å². The Hall–Kier alpha value is -0.770. The molecule has 0 heterocycles. The third-order valence-corrected chi connectivity index (χ3v) is 5.14. The second-order valence-corrected chi connectivity index (χ2v) is 6.46. The van der Waals surface area contributed by atoms with Crippen LogP contribution < -0.4 is 10.5 Å². The number of fused-ring (bicyclic) bond motifs is 2. The maximum Gasteiger partial charge on any atom is 0.119 e. The highest BCUT2D eigenvalue weighted by atomic mass is 35.5. The Morgan fingerprint density at radius 1 is 1.40 bits per heavy atom. The zero-order valence-electron chi connectivity index (χ0n) is 12.0. The molecule has 0 aliphatic heterocycles. The molecular weight excluding hydrogens is 274 g/mol. The average molecular weight is 298 g/mol. The van der Waals surface area contributed by atoms with Gasteiger partial charge in [0.1, 0.15) is 5.75 Å². The molecule has 1 aromatic carbocycles. The normalized spacial score (nSPS) is 35.5. The minimum Gasteiger partial charge on any atom is -0.497 e. The molecule has 0 amide bonds. The van der Waals surface area contributed by atoms with E-state index in [4.69, 9.17) is 10.5 Å². The zero-order chi connectivity index (χ0) is 13.5. The van der Waals surface area contributed by atoms with Crippen LogP contribution in [0.1, 0.15) is 37.7 Å². The molecule has 2 saturated carbocycles. The standard InChI is InChI=1S/C16H23NO2.ClH/c1-19-14-4-2-3-13(7-14)16(18)9-12-5-6-15(8-12,10-16)11-17;/h2-4,7,12,18H,5-6,8-11,17H2,1H3;1H. The van der Waals surface area contributed by atoms with Crippen LogP contribution in [-0.2, 0) is 5.60 Å². The lowest BCUT2D eigenvalue weighted by Gasteiger charge is -2.43. The fourth-order valence-electron chi connectivity index (χ4n) is 4.22. The van der Waals surface area contributed by atoms with E-state index in [0.717, 1.165) is 24.2 Å². The number of benzene rings is 1. The van der Waals surface area contributed by atoms with E-state index in [1.807, 2.05) is 24.3 Å². The van der Waals surface area contributed by atoms with Crippen LogP contribution in [0, 0.1) is 11.3 Å². The molecule has 3 atom stereocenters. The molecule has 3 N–H and O–H groups in total. The van der Waals surface area contributed by atoms with Crippen LogP contribution in [0.15, 0.2) is 24.3 Å². The predicted molar refractivity (Wildman–Crippen MR) is 82.2 cm³/mol. The monoisotopic (exact) mass is 297 g/mol. The molecule has 0 saturated heterocycles. The number of nitrogens with two attached hydrogens (primary N) is 1. The second-order valence-electron chi connectivity index (χ2n) is 6.46. The van der Waals surface area contributed by atoms with E-state index in [2.05, 4.69) is 0 Å². The minimum atomic E-state index is -0.729. The number of hydrogen-bond donors (Lipinski definition) is 2. The summed E-state index contributed by atoms with van der Waals surface area (Å²) in [5.41, 5.74) is 6.40. The molecule has 2 fully saturated rings. The lowest BCUT2D eigenvalue weighted by molar-refractivity contribution is -0.0522. The van der Waals surface area contributed by atoms with Gasteiger partial charge in [-0.3, -0.25) is 0 Å². The first kappa shape index (κ1) is 15.6. The summed E-state index contributed by atoms with van der Waals surface area (Å²) in [6, 6.07) is 7.85. The van der Waals surface area contributed by atoms with Gasteiger partial charge in [-0.1, -0.05) is 12.1 Å². The van der Waals surface area contributed by atoms with Gasteiger partial charge in [-0.15, -0.1) is 12.4 Å². The van der Waals surface area contributed by atoms with Gasteiger partial charge in [0.15, 0.2) is 0 Å². The molecule has 3 nitrogen and oxygen atoms in total. The fourth-order valence-corrected chi connectivity index (χ4v) is 4.22. The highest BCUT2D eigenvalue weighted by molar-refractivity contribution is 5.85. The number of methoxy groups -OCH3 is 1. The van der Waals surface area contributed by atoms with Gasteiger partial charge < -0.3 is 15.6 Å². The van der Waals surface area contributed by atoms with E-state index in [1.54, 1.807) is 7.11 Å². The zero-order valence-corrected chi connectivity index (χ0v) is 12.8. The van der Waals surface area contributed by atoms with Gasteiger partial charge >= 0.3 is 0 Å². The maximum atomic E-state index is 11.1. The maximum absolute atomic E-state index is 11.1. The molecule has 1 aromatic rings. The van der Waals surface area contributed by atoms with E-state index in [1.165, 1.54) is 19.3 Å². The van der Waals surface area contributed by atoms with Crippen molar-refractivity contribution in [1.29, 1.82) is 0 Å². The number of ether oxygens (including phenoxy) is 1. The van der Waals surface area contributed by atoms with Crippen molar-refractivity contribution in [2.75, 3.05) is 13.7 Å². The molecule has 0 aromatic heterocycles. The van der Waals surface area contributed by atoms with Crippen molar-refractivity contribution in [2.24, 2.45) is 17.1 Å². The molecule has 0 spiro atoms. The van der Waals surface area contributed by atoms with Crippen LogP contribution in [0.2, 0.25) is 0 Å². The van der Waals surface area contributed by atoms with Crippen LogP contribution in [0.4, 0.5) is 0 Å². The van der Waals surface area contributed by atoms with Gasteiger partial charge in [0.2, 0.25) is 0 Å². The SMILES string of the molecule is COc1cccc(C2(O)CC3CCC(CN)(C3)C2)c1.Cl. The first-order chi connectivity index (χ1) is 9.09. The molecule has 4 heteroatoms. The van der Waals surface area contributed by atoms with Crippen molar-refractivity contribution in [3.63, 3.8) is 0 Å². The highest BCUT2D eigenvalue weighted by Gasteiger charge is 2.51. The summed E-state index contributed by atoms with van der Waals surface area (Å²) in [7, 11) is 1.66. The van der Waals surface area contributed by atoms with Crippen LogP contribution in [-0.4, -0.2) is 18.8 Å². The smallest absolute Gasteiger partial charge is 0.119 e. The number of aliphatic hydroxyl groups is 1. The number of hydrogen-bond acceptors (Lipinski definition) is 3. The molecular formula is C16H24ClNO2. The van der Waals surface area contributed by atoms with Gasteiger partial charge in [-0.05, 0) is 67.7 Å². The van der Waals surface area contributed by atoms with Gasteiger partial charge in [0.25, 0.3) is 0 Å². The lowest BCUT2D eigenvalue weighted by atomic mass is 9.66. The summed E-state index contributed by atoms with van der Waals surface area (Å²) in [5, 5.41) is 11.1. The molecule has 2 bridgehead atoms. The quantitative estimate of drug-likeness (QED) is 0.902. The highest BCUT2D eigenvalue weighted by Crippen LogP contribution is 2.57. The molecule has 2 aliphatic rings. The molecule has 2 aliphatic carbocycles. The fraction of sp³-hybridized carbons (Fsp3) is 0.625. The van der Waals surface area contributed by atoms with E-state index in [9.17, 15) is 5.11 Å². The van der Waals surface area contributed by atoms with Crippen LogP contribution >= 0.6 is 12.4 Å². The van der Waals surface area contributed by atoms with Crippen molar-refractivity contribution in [3.8, 4) is 5.75 Å². The molecule has 0 radical (unpaired) electrons. The summed E-state index contributed by atoms with van der Waals surface area (Å²) in [6.45, 7) is 0.690. The van der Waals surface area contributed by atoms with Gasteiger partial charge in [-0.2, -0.15) is 0 Å². The van der Waals surface area contributed by atoms with Gasteiger partial charge in [0.05, 0.1) is 12.7 Å². The minimum absolute atomic E-state index is 0. The van der Waals surface area contributed by atoms with Gasteiger partial charge in [-0.25, -0.2) is 0 Å². The Morgan fingerprint density at radius 3 is 2.90 bits per heavy atom. The average Bonchev–Trinajstić information content (AvgIpc) is 2.75. The first-order valence-corrected chi connectivity index (χ1v) is 7.16. The summed E-state index contributed by atoms with van der Waals surface area (Å²) in [6.07, 6.45) is 5.22. The van der Waals surface area contributed by atoms with E-state index in [0.29, 0.717) is 12.5 Å². The summed E-state index contributed by atoms with van der Waals surface area (Å²) in [4.78, 5) is 0. The Labute approximate surface area is 126 Å². The summed E-state index contributed by atoms with van der Waals surface area (Å²) < 4.78 is 5.28. The topological polar surface area (TPSA) is 55.5 Å².